The predicted octanol–water partition coefficient (Wildman–Crippen LogP) is 5.10. The molecule has 1 heterocycles. The Bertz CT molecular complexity index is 819. The van der Waals surface area contributed by atoms with Crippen molar-refractivity contribution in [2.24, 2.45) is 23.2 Å². The maximum absolute atomic E-state index is 13.5. The molecule has 27 heavy (non-hydrogen) atoms. The highest BCUT2D eigenvalue weighted by Gasteiger charge is 2.54. The van der Waals surface area contributed by atoms with E-state index in [1.165, 1.54) is 19.3 Å². The van der Waals surface area contributed by atoms with Gasteiger partial charge in [-0.3, -0.25) is 4.79 Å². The molecule has 0 spiro atoms. The standard InChI is InChI=1S/C23H28ClNO2/c1-22(2)12-16-6-18(24)20(26)7-17(16)19(25-22)8-21(27)23-9-13-3-14(10-23)5-15(4-13)11-23/h6-8,13-15,25-26H,3-5,9-12H2,1-2H3/b19-8-. The summed E-state index contributed by atoms with van der Waals surface area (Å²) in [6, 6.07) is 3.55. The maximum Gasteiger partial charge on any atom is 0.163 e. The van der Waals surface area contributed by atoms with Gasteiger partial charge in [-0.05, 0) is 94.2 Å². The Morgan fingerprint density at radius 1 is 1.15 bits per heavy atom. The minimum Gasteiger partial charge on any atom is -0.506 e. The highest BCUT2D eigenvalue weighted by atomic mass is 35.5. The van der Waals surface area contributed by atoms with Crippen LogP contribution in [0.25, 0.3) is 5.70 Å². The predicted molar refractivity (Wildman–Crippen MR) is 108 cm³/mol. The van der Waals surface area contributed by atoms with E-state index in [4.69, 9.17) is 11.6 Å². The molecule has 2 N–H and O–H groups in total. The number of hydrogen-bond acceptors (Lipinski definition) is 3. The minimum absolute atomic E-state index is 0.0741. The van der Waals surface area contributed by atoms with Crippen LogP contribution >= 0.6 is 11.6 Å². The van der Waals surface area contributed by atoms with Gasteiger partial charge in [-0.15, -0.1) is 0 Å². The van der Waals surface area contributed by atoms with Crippen molar-refractivity contribution in [3.8, 4) is 5.75 Å². The molecule has 0 atom stereocenters. The van der Waals surface area contributed by atoms with Crippen LogP contribution in [-0.4, -0.2) is 16.4 Å². The molecule has 1 aromatic rings. The van der Waals surface area contributed by atoms with E-state index in [0.717, 1.165) is 60.3 Å². The molecule has 0 saturated heterocycles. The van der Waals surface area contributed by atoms with Crippen LogP contribution in [-0.2, 0) is 11.2 Å². The molecule has 4 bridgehead atoms. The first-order valence-electron chi connectivity index (χ1n) is 10.3. The number of phenols is 1. The van der Waals surface area contributed by atoms with Gasteiger partial charge in [0.1, 0.15) is 5.75 Å². The SMILES string of the molecule is CC1(C)Cc2cc(Cl)c(O)cc2/C(=C/C(=O)C23CC4CC(CC(C4)C2)C3)N1. The van der Waals surface area contributed by atoms with Crippen LogP contribution < -0.4 is 5.32 Å². The number of aromatic hydroxyl groups is 1. The van der Waals surface area contributed by atoms with E-state index in [1.807, 2.05) is 12.1 Å². The fraction of sp³-hybridized carbons (Fsp3) is 0.609. The summed E-state index contributed by atoms with van der Waals surface area (Å²) in [4.78, 5) is 13.5. The maximum atomic E-state index is 13.5. The Labute approximate surface area is 166 Å². The second kappa shape index (κ2) is 5.76. The Morgan fingerprint density at radius 3 is 2.33 bits per heavy atom. The van der Waals surface area contributed by atoms with Gasteiger partial charge in [0.15, 0.2) is 5.78 Å². The molecule has 1 aliphatic heterocycles. The molecule has 0 radical (unpaired) electrons. The monoisotopic (exact) mass is 385 g/mol. The third-order valence-corrected chi connectivity index (χ3v) is 7.71. The molecule has 1 aromatic carbocycles. The lowest BCUT2D eigenvalue weighted by atomic mass is 9.48. The van der Waals surface area contributed by atoms with Gasteiger partial charge in [0, 0.05) is 28.3 Å². The molecule has 4 aliphatic carbocycles. The summed E-state index contributed by atoms with van der Waals surface area (Å²) >= 11 is 6.15. The number of benzene rings is 1. The van der Waals surface area contributed by atoms with E-state index in [-0.39, 0.29) is 16.7 Å². The van der Waals surface area contributed by atoms with Crippen molar-refractivity contribution in [2.45, 2.75) is 64.3 Å². The van der Waals surface area contributed by atoms with Crippen LogP contribution in [0.2, 0.25) is 5.02 Å². The van der Waals surface area contributed by atoms with Crippen molar-refractivity contribution >= 4 is 23.1 Å². The van der Waals surface area contributed by atoms with Gasteiger partial charge < -0.3 is 10.4 Å². The van der Waals surface area contributed by atoms with Crippen molar-refractivity contribution in [1.82, 2.24) is 5.32 Å². The number of nitrogens with one attached hydrogen (secondary N) is 1. The molecule has 6 rings (SSSR count). The van der Waals surface area contributed by atoms with E-state index >= 15 is 0 Å². The summed E-state index contributed by atoms with van der Waals surface area (Å²) in [6.07, 6.45) is 9.89. The van der Waals surface area contributed by atoms with Crippen molar-refractivity contribution < 1.29 is 9.90 Å². The Balaban J connectivity index is 1.53. The van der Waals surface area contributed by atoms with Gasteiger partial charge in [0.05, 0.1) is 5.02 Å². The second-order valence-electron chi connectivity index (χ2n) is 10.3. The van der Waals surface area contributed by atoms with E-state index < -0.39 is 0 Å². The van der Waals surface area contributed by atoms with Crippen molar-refractivity contribution in [3.05, 3.63) is 34.4 Å². The molecule has 0 aromatic heterocycles. The van der Waals surface area contributed by atoms with Crippen LogP contribution in [0.1, 0.15) is 63.5 Å². The van der Waals surface area contributed by atoms with Gasteiger partial charge in [-0.1, -0.05) is 11.6 Å². The molecule has 3 nitrogen and oxygen atoms in total. The van der Waals surface area contributed by atoms with Crippen LogP contribution in [0.15, 0.2) is 18.2 Å². The van der Waals surface area contributed by atoms with Gasteiger partial charge in [0.25, 0.3) is 0 Å². The fourth-order valence-electron chi connectivity index (χ4n) is 6.76. The first-order chi connectivity index (χ1) is 12.7. The number of ketones is 1. The first kappa shape index (κ1) is 17.6. The Hall–Kier alpha value is -1.48. The average molecular weight is 386 g/mol. The zero-order chi connectivity index (χ0) is 19.0. The average Bonchev–Trinajstić information content (AvgIpc) is 2.54. The first-order valence-corrected chi connectivity index (χ1v) is 10.7. The summed E-state index contributed by atoms with van der Waals surface area (Å²) in [5, 5.41) is 14.0. The summed E-state index contributed by atoms with van der Waals surface area (Å²) in [7, 11) is 0. The van der Waals surface area contributed by atoms with Crippen LogP contribution in [0.4, 0.5) is 0 Å². The van der Waals surface area contributed by atoms with Gasteiger partial charge in [-0.2, -0.15) is 0 Å². The number of phenolic OH excluding ortho intramolecular Hbond substituents is 1. The lowest BCUT2D eigenvalue weighted by molar-refractivity contribution is -0.138. The molecular formula is C23H28ClNO2. The molecule has 4 saturated carbocycles. The molecule has 5 aliphatic rings. The largest absolute Gasteiger partial charge is 0.506 e. The van der Waals surface area contributed by atoms with E-state index in [0.29, 0.717) is 10.8 Å². The number of allylic oxidation sites excluding steroid dienone is 1. The number of carbonyl (C=O) groups is 1. The smallest absolute Gasteiger partial charge is 0.163 e. The Kier molecular flexibility index (Phi) is 3.76. The zero-order valence-electron chi connectivity index (χ0n) is 16.1. The lowest BCUT2D eigenvalue weighted by Gasteiger charge is -2.55. The molecule has 0 unspecified atom stereocenters. The highest BCUT2D eigenvalue weighted by Crippen LogP contribution is 2.60. The summed E-state index contributed by atoms with van der Waals surface area (Å²) in [5.74, 6) is 2.63. The topological polar surface area (TPSA) is 49.3 Å². The Morgan fingerprint density at radius 2 is 1.74 bits per heavy atom. The lowest BCUT2D eigenvalue weighted by Crippen LogP contribution is -2.50. The minimum atomic E-state index is -0.152. The number of carbonyl (C=O) groups excluding carboxylic acids is 1. The van der Waals surface area contributed by atoms with Gasteiger partial charge in [0.2, 0.25) is 0 Å². The van der Waals surface area contributed by atoms with E-state index in [1.54, 1.807) is 6.07 Å². The molecule has 4 heteroatoms. The second-order valence-corrected chi connectivity index (χ2v) is 10.7. The number of hydrogen-bond donors (Lipinski definition) is 2. The summed E-state index contributed by atoms with van der Waals surface area (Å²) in [5.41, 5.74) is 2.55. The number of fused-ring (bicyclic) bond motifs is 1. The highest BCUT2D eigenvalue weighted by molar-refractivity contribution is 6.32. The fourth-order valence-corrected chi connectivity index (χ4v) is 6.95. The van der Waals surface area contributed by atoms with Crippen LogP contribution in [0.3, 0.4) is 0 Å². The quantitative estimate of drug-likeness (QED) is 0.696. The third-order valence-electron chi connectivity index (χ3n) is 7.40. The molecule has 0 amide bonds. The zero-order valence-corrected chi connectivity index (χ0v) is 16.9. The van der Waals surface area contributed by atoms with E-state index in [9.17, 15) is 9.90 Å². The van der Waals surface area contributed by atoms with Crippen molar-refractivity contribution in [2.75, 3.05) is 0 Å². The van der Waals surface area contributed by atoms with Gasteiger partial charge in [-0.25, -0.2) is 0 Å². The third kappa shape index (κ3) is 2.90. The van der Waals surface area contributed by atoms with E-state index in [2.05, 4.69) is 19.2 Å². The number of halogens is 1. The molecular weight excluding hydrogens is 358 g/mol. The normalized spacial score (nSPS) is 37.1. The van der Waals surface area contributed by atoms with Crippen LogP contribution in [0, 0.1) is 23.2 Å². The number of rotatable bonds is 2. The van der Waals surface area contributed by atoms with Gasteiger partial charge >= 0.3 is 0 Å². The molecule has 4 fully saturated rings. The van der Waals surface area contributed by atoms with Crippen molar-refractivity contribution in [1.29, 1.82) is 0 Å². The summed E-state index contributed by atoms with van der Waals surface area (Å²) < 4.78 is 0. The van der Waals surface area contributed by atoms with Crippen LogP contribution in [0.5, 0.6) is 5.75 Å². The van der Waals surface area contributed by atoms with Crippen molar-refractivity contribution in [3.63, 3.8) is 0 Å². The summed E-state index contributed by atoms with van der Waals surface area (Å²) in [6.45, 7) is 4.28. The molecule has 144 valence electrons.